The molecule has 0 aromatic heterocycles. The summed E-state index contributed by atoms with van der Waals surface area (Å²) in [5, 5.41) is 8.68. The highest BCUT2D eigenvalue weighted by Gasteiger charge is 2.29. The number of amides is 3. The fourth-order valence-corrected chi connectivity index (χ4v) is 3.25. The SMILES string of the molecule is COc1ccc(Br)cc1CNC(=O)NC(C)c1ccc(NC(=O)C2CC2)cc1. The van der Waals surface area contributed by atoms with Gasteiger partial charge in [-0.15, -0.1) is 0 Å². The van der Waals surface area contributed by atoms with E-state index in [1.165, 1.54) is 0 Å². The minimum Gasteiger partial charge on any atom is -0.496 e. The maximum atomic E-state index is 12.2. The molecular formula is C21H24BrN3O3. The second-order valence-corrected chi connectivity index (χ2v) is 7.81. The summed E-state index contributed by atoms with van der Waals surface area (Å²) in [4.78, 5) is 24.1. The van der Waals surface area contributed by atoms with Crippen molar-refractivity contribution in [3.63, 3.8) is 0 Å². The number of benzene rings is 2. The Morgan fingerprint density at radius 3 is 2.54 bits per heavy atom. The van der Waals surface area contributed by atoms with E-state index in [0.717, 1.165) is 39.9 Å². The van der Waals surface area contributed by atoms with Crippen LogP contribution in [0.2, 0.25) is 0 Å². The predicted molar refractivity (Wildman–Crippen MR) is 112 cm³/mol. The van der Waals surface area contributed by atoms with Crippen LogP contribution in [0.15, 0.2) is 46.9 Å². The second kappa shape index (κ2) is 9.10. The Labute approximate surface area is 173 Å². The molecule has 0 spiro atoms. The van der Waals surface area contributed by atoms with Crippen molar-refractivity contribution < 1.29 is 14.3 Å². The van der Waals surface area contributed by atoms with Crippen molar-refractivity contribution in [2.75, 3.05) is 12.4 Å². The van der Waals surface area contributed by atoms with Crippen molar-refractivity contribution in [3.8, 4) is 5.75 Å². The van der Waals surface area contributed by atoms with E-state index in [1.54, 1.807) is 7.11 Å². The number of hydrogen-bond donors (Lipinski definition) is 3. The molecule has 1 unspecified atom stereocenters. The molecular weight excluding hydrogens is 422 g/mol. The van der Waals surface area contributed by atoms with Crippen LogP contribution in [0.5, 0.6) is 5.75 Å². The van der Waals surface area contributed by atoms with Crippen LogP contribution in [0.25, 0.3) is 0 Å². The molecule has 2 aromatic carbocycles. The molecule has 6 nitrogen and oxygen atoms in total. The summed E-state index contributed by atoms with van der Waals surface area (Å²) in [5.41, 5.74) is 2.62. The van der Waals surface area contributed by atoms with E-state index in [4.69, 9.17) is 4.74 Å². The maximum absolute atomic E-state index is 12.2. The van der Waals surface area contributed by atoms with Crippen molar-refractivity contribution in [1.29, 1.82) is 0 Å². The highest BCUT2D eigenvalue weighted by Crippen LogP contribution is 2.30. The van der Waals surface area contributed by atoms with E-state index < -0.39 is 0 Å². The highest BCUT2D eigenvalue weighted by atomic mass is 79.9. The summed E-state index contributed by atoms with van der Waals surface area (Å²) in [5.74, 6) is 0.981. The molecule has 0 heterocycles. The van der Waals surface area contributed by atoms with Crippen LogP contribution in [0.1, 0.15) is 36.9 Å². The number of hydrogen-bond acceptors (Lipinski definition) is 3. The van der Waals surface area contributed by atoms with Crippen molar-refractivity contribution in [2.45, 2.75) is 32.4 Å². The third-order valence-corrected chi connectivity index (χ3v) is 5.15. The molecule has 7 heteroatoms. The Bertz CT molecular complexity index is 850. The first-order chi connectivity index (χ1) is 13.5. The minimum absolute atomic E-state index is 0.0845. The Balaban J connectivity index is 1.51. The van der Waals surface area contributed by atoms with Crippen molar-refractivity contribution in [3.05, 3.63) is 58.1 Å². The molecule has 3 N–H and O–H groups in total. The summed E-state index contributed by atoms with van der Waals surface area (Å²) in [7, 11) is 1.60. The quantitative estimate of drug-likeness (QED) is 0.591. The summed E-state index contributed by atoms with van der Waals surface area (Å²) in [6, 6.07) is 12.8. The maximum Gasteiger partial charge on any atom is 0.315 e. The van der Waals surface area contributed by atoms with Crippen LogP contribution < -0.4 is 20.7 Å². The van der Waals surface area contributed by atoms with Gasteiger partial charge in [0.2, 0.25) is 5.91 Å². The van der Waals surface area contributed by atoms with E-state index in [0.29, 0.717) is 6.54 Å². The Morgan fingerprint density at radius 2 is 1.89 bits per heavy atom. The van der Waals surface area contributed by atoms with Crippen LogP contribution in [0.4, 0.5) is 10.5 Å². The van der Waals surface area contributed by atoms with Gasteiger partial charge in [-0.3, -0.25) is 4.79 Å². The van der Waals surface area contributed by atoms with Crippen LogP contribution in [0, 0.1) is 5.92 Å². The fraction of sp³-hybridized carbons (Fsp3) is 0.333. The van der Waals surface area contributed by atoms with Crippen molar-refractivity contribution in [2.24, 2.45) is 5.92 Å². The summed E-state index contributed by atoms with van der Waals surface area (Å²) in [6.45, 7) is 2.27. The Morgan fingerprint density at radius 1 is 1.18 bits per heavy atom. The van der Waals surface area contributed by atoms with Gasteiger partial charge in [0.05, 0.1) is 13.2 Å². The molecule has 1 fully saturated rings. The summed E-state index contributed by atoms with van der Waals surface area (Å²) >= 11 is 3.43. The molecule has 0 bridgehead atoms. The Hall–Kier alpha value is -2.54. The number of anilines is 1. The van der Waals surface area contributed by atoms with Gasteiger partial charge in [-0.1, -0.05) is 28.1 Å². The lowest BCUT2D eigenvalue weighted by Crippen LogP contribution is -2.36. The number of ether oxygens (including phenoxy) is 1. The number of rotatable bonds is 7. The average Bonchev–Trinajstić information content (AvgIpc) is 3.52. The third-order valence-electron chi connectivity index (χ3n) is 4.66. The van der Waals surface area contributed by atoms with Crippen LogP contribution >= 0.6 is 15.9 Å². The molecule has 1 aliphatic rings. The zero-order valence-electron chi connectivity index (χ0n) is 15.9. The van der Waals surface area contributed by atoms with Gasteiger partial charge in [-0.05, 0) is 55.7 Å². The zero-order chi connectivity index (χ0) is 20.1. The first-order valence-corrected chi connectivity index (χ1v) is 10.0. The van der Waals surface area contributed by atoms with Gasteiger partial charge in [-0.2, -0.15) is 0 Å². The van der Waals surface area contributed by atoms with Gasteiger partial charge in [0.25, 0.3) is 0 Å². The highest BCUT2D eigenvalue weighted by molar-refractivity contribution is 9.10. The molecule has 28 heavy (non-hydrogen) atoms. The molecule has 0 radical (unpaired) electrons. The summed E-state index contributed by atoms with van der Waals surface area (Å²) in [6.07, 6.45) is 1.96. The van der Waals surface area contributed by atoms with Gasteiger partial charge in [-0.25, -0.2) is 4.79 Å². The predicted octanol–water partition coefficient (Wildman–Crippen LogP) is 4.37. The first kappa shape index (κ1) is 20.2. The van der Waals surface area contributed by atoms with E-state index >= 15 is 0 Å². The summed E-state index contributed by atoms with van der Waals surface area (Å²) < 4.78 is 6.24. The normalized spacial score (nSPS) is 14.1. The van der Waals surface area contributed by atoms with Crippen LogP contribution in [-0.2, 0) is 11.3 Å². The van der Waals surface area contributed by atoms with Gasteiger partial charge in [0.15, 0.2) is 0 Å². The van der Waals surface area contributed by atoms with E-state index in [1.807, 2.05) is 49.4 Å². The number of methoxy groups -OCH3 is 1. The number of carbonyl (C=O) groups is 2. The zero-order valence-corrected chi connectivity index (χ0v) is 17.5. The van der Waals surface area contributed by atoms with Crippen LogP contribution in [-0.4, -0.2) is 19.0 Å². The average molecular weight is 446 g/mol. The third kappa shape index (κ3) is 5.48. The minimum atomic E-state index is -0.263. The van der Waals surface area contributed by atoms with Gasteiger partial charge >= 0.3 is 6.03 Å². The smallest absolute Gasteiger partial charge is 0.315 e. The van der Waals surface area contributed by atoms with Gasteiger partial charge < -0.3 is 20.7 Å². The largest absolute Gasteiger partial charge is 0.496 e. The monoisotopic (exact) mass is 445 g/mol. The molecule has 1 aliphatic carbocycles. The molecule has 0 aliphatic heterocycles. The number of nitrogens with one attached hydrogen (secondary N) is 3. The van der Waals surface area contributed by atoms with Crippen molar-refractivity contribution >= 4 is 33.6 Å². The number of carbonyl (C=O) groups excluding carboxylic acids is 2. The molecule has 0 saturated heterocycles. The lowest BCUT2D eigenvalue weighted by Gasteiger charge is -2.16. The molecule has 1 saturated carbocycles. The van der Waals surface area contributed by atoms with E-state index in [9.17, 15) is 9.59 Å². The molecule has 3 rings (SSSR count). The van der Waals surface area contributed by atoms with E-state index in [-0.39, 0.29) is 23.9 Å². The fourth-order valence-electron chi connectivity index (χ4n) is 2.84. The number of halogens is 1. The first-order valence-electron chi connectivity index (χ1n) is 9.24. The Kier molecular flexibility index (Phi) is 6.57. The molecule has 148 valence electrons. The lowest BCUT2D eigenvalue weighted by molar-refractivity contribution is -0.117. The standard InChI is InChI=1S/C21H24BrN3O3/c1-13(14-5-8-18(9-6-14)25-20(26)15-3-4-15)24-21(27)23-12-16-11-17(22)7-10-19(16)28-2/h5-11,13,15H,3-4,12H2,1-2H3,(H,25,26)(H2,23,24,27). The van der Waals surface area contributed by atoms with Gasteiger partial charge in [0, 0.05) is 28.2 Å². The van der Waals surface area contributed by atoms with Gasteiger partial charge in [0.1, 0.15) is 5.75 Å². The van der Waals surface area contributed by atoms with E-state index in [2.05, 4.69) is 31.9 Å². The molecule has 1 atom stereocenters. The molecule has 3 amide bonds. The lowest BCUT2D eigenvalue weighted by atomic mass is 10.1. The molecule has 2 aromatic rings. The van der Waals surface area contributed by atoms with Crippen LogP contribution in [0.3, 0.4) is 0 Å². The van der Waals surface area contributed by atoms with Crippen molar-refractivity contribution in [1.82, 2.24) is 10.6 Å². The second-order valence-electron chi connectivity index (χ2n) is 6.89. The number of urea groups is 1. The topological polar surface area (TPSA) is 79.5 Å².